The van der Waals surface area contributed by atoms with E-state index in [1.807, 2.05) is 34.2 Å². The molecule has 0 saturated carbocycles. The number of ether oxygens (including phenoxy) is 2. The van der Waals surface area contributed by atoms with Crippen molar-refractivity contribution in [2.75, 3.05) is 44.8 Å². The van der Waals surface area contributed by atoms with E-state index < -0.39 is 0 Å². The Hall–Kier alpha value is -2.61. The van der Waals surface area contributed by atoms with Gasteiger partial charge in [0.25, 0.3) is 0 Å². The molecule has 0 unspecified atom stereocenters. The maximum atomic E-state index is 13.3. The Balaban J connectivity index is 1.41. The first-order valence-corrected chi connectivity index (χ1v) is 10.4. The van der Waals surface area contributed by atoms with Crippen LogP contribution in [0.25, 0.3) is 0 Å². The lowest BCUT2D eigenvalue weighted by atomic mass is 9.89. The molecule has 0 spiro atoms. The third-order valence-electron chi connectivity index (χ3n) is 5.84. The molecule has 0 aromatic carbocycles. The molecule has 156 valence electrons. The molecule has 2 fully saturated rings. The molecule has 0 aliphatic carbocycles. The first-order chi connectivity index (χ1) is 14.2. The van der Waals surface area contributed by atoms with Crippen molar-refractivity contribution >= 4 is 11.6 Å². The Kier molecular flexibility index (Phi) is 5.99. The molecule has 8 heteroatoms. The Labute approximate surface area is 171 Å². The van der Waals surface area contributed by atoms with Crippen LogP contribution < -0.4 is 9.64 Å². The van der Waals surface area contributed by atoms with E-state index in [9.17, 15) is 4.79 Å². The van der Waals surface area contributed by atoms with E-state index in [2.05, 4.69) is 21.9 Å². The summed E-state index contributed by atoms with van der Waals surface area (Å²) < 4.78 is 13.2. The first-order valence-electron chi connectivity index (χ1n) is 10.4. The zero-order valence-corrected chi connectivity index (χ0v) is 17.2. The summed E-state index contributed by atoms with van der Waals surface area (Å²) in [5.41, 5.74) is 2.04. The van der Waals surface area contributed by atoms with Gasteiger partial charge in [-0.25, -0.2) is 0 Å². The number of hydrogen-bond donors (Lipinski definition) is 0. The van der Waals surface area contributed by atoms with E-state index in [0.29, 0.717) is 19.7 Å². The molecule has 1 amide bonds. The molecule has 2 saturated heterocycles. The number of nitrogens with zero attached hydrogens (tertiary/aromatic N) is 5. The molecule has 2 aromatic rings. The average Bonchev–Trinajstić information content (AvgIpc) is 3.28. The van der Waals surface area contributed by atoms with Crippen LogP contribution in [0.2, 0.25) is 0 Å². The quantitative estimate of drug-likeness (QED) is 0.767. The number of carbonyl (C=O) groups is 1. The van der Waals surface area contributed by atoms with Gasteiger partial charge in [0.05, 0.1) is 43.4 Å². The van der Waals surface area contributed by atoms with Crippen molar-refractivity contribution in [2.45, 2.75) is 32.4 Å². The van der Waals surface area contributed by atoms with E-state index in [1.54, 1.807) is 13.3 Å². The fraction of sp³-hybridized carbons (Fsp3) is 0.571. The average molecular weight is 399 g/mol. The number of amides is 1. The molecule has 0 N–H and O–H groups in total. The third kappa shape index (κ3) is 4.22. The van der Waals surface area contributed by atoms with Gasteiger partial charge in [-0.3, -0.25) is 14.5 Å². The minimum absolute atomic E-state index is 0.136. The molecule has 2 aliphatic rings. The van der Waals surface area contributed by atoms with E-state index >= 15 is 0 Å². The lowest BCUT2D eigenvalue weighted by Gasteiger charge is -2.39. The second-order valence-electron chi connectivity index (χ2n) is 7.56. The topological polar surface area (TPSA) is 72.7 Å². The molecule has 29 heavy (non-hydrogen) atoms. The molecule has 2 aliphatic heterocycles. The lowest BCUT2D eigenvalue weighted by molar-refractivity contribution is -0.145. The van der Waals surface area contributed by atoms with Gasteiger partial charge >= 0.3 is 0 Å². The molecule has 8 nitrogen and oxygen atoms in total. The van der Waals surface area contributed by atoms with Crippen LogP contribution in [0.15, 0.2) is 30.9 Å². The van der Waals surface area contributed by atoms with Gasteiger partial charge in [-0.2, -0.15) is 5.10 Å². The van der Waals surface area contributed by atoms with Crippen LogP contribution in [0.5, 0.6) is 5.75 Å². The number of anilines is 1. The first kappa shape index (κ1) is 19.7. The number of pyridine rings is 1. The molecule has 0 radical (unpaired) electrons. The van der Waals surface area contributed by atoms with Crippen molar-refractivity contribution in [3.8, 4) is 5.75 Å². The van der Waals surface area contributed by atoms with E-state index in [1.165, 1.54) is 0 Å². The van der Waals surface area contributed by atoms with Crippen LogP contribution in [0.1, 0.15) is 31.4 Å². The fourth-order valence-corrected chi connectivity index (χ4v) is 4.17. The molecule has 4 rings (SSSR count). The predicted molar refractivity (Wildman–Crippen MR) is 109 cm³/mol. The molecular formula is C21H29N5O3. The second-order valence-corrected chi connectivity index (χ2v) is 7.56. The molecular weight excluding hydrogens is 370 g/mol. The van der Waals surface area contributed by atoms with Crippen molar-refractivity contribution < 1.29 is 14.3 Å². The summed E-state index contributed by atoms with van der Waals surface area (Å²) in [6, 6.07) is 1.99. The molecule has 2 atom stereocenters. The number of methoxy groups -OCH3 is 1. The standard InChI is InChI=1S/C21H29N5O3/c1-3-26-15-16(12-23-26)20-19(5-4-10-29-20)21(27)25-8-6-24(7-9-25)17-11-18(28-2)14-22-13-17/h11-15,19-20H,3-10H2,1-2H3/t19-,20+/m1/s1. The van der Waals surface area contributed by atoms with Crippen LogP contribution >= 0.6 is 0 Å². The number of aromatic nitrogens is 3. The third-order valence-corrected chi connectivity index (χ3v) is 5.84. The normalized spacial score (nSPS) is 22.6. The number of rotatable bonds is 5. The highest BCUT2D eigenvalue weighted by Crippen LogP contribution is 2.35. The summed E-state index contributed by atoms with van der Waals surface area (Å²) in [6.07, 6.45) is 8.98. The van der Waals surface area contributed by atoms with Crippen molar-refractivity contribution in [1.82, 2.24) is 19.7 Å². The van der Waals surface area contributed by atoms with Gasteiger partial charge < -0.3 is 19.3 Å². The zero-order chi connectivity index (χ0) is 20.2. The molecule has 2 aromatic heterocycles. The number of hydrogen-bond acceptors (Lipinski definition) is 6. The van der Waals surface area contributed by atoms with Crippen molar-refractivity contribution in [3.63, 3.8) is 0 Å². The Morgan fingerprint density at radius 1 is 1.24 bits per heavy atom. The van der Waals surface area contributed by atoms with Gasteiger partial charge in [0, 0.05) is 57.2 Å². The summed E-state index contributed by atoms with van der Waals surface area (Å²) in [4.78, 5) is 21.8. The van der Waals surface area contributed by atoms with Crippen molar-refractivity contribution in [1.29, 1.82) is 0 Å². The minimum Gasteiger partial charge on any atom is -0.495 e. The minimum atomic E-state index is -0.197. The van der Waals surface area contributed by atoms with Gasteiger partial charge in [0.2, 0.25) is 5.91 Å². The van der Waals surface area contributed by atoms with E-state index in [-0.39, 0.29) is 17.9 Å². The van der Waals surface area contributed by atoms with E-state index in [0.717, 1.165) is 49.5 Å². The van der Waals surface area contributed by atoms with Gasteiger partial charge in [-0.1, -0.05) is 0 Å². The fourth-order valence-electron chi connectivity index (χ4n) is 4.17. The summed E-state index contributed by atoms with van der Waals surface area (Å²) in [6.45, 7) is 6.54. The van der Waals surface area contributed by atoms with Gasteiger partial charge in [-0.05, 0) is 19.8 Å². The summed E-state index contributed by atoms with van der Waals surface area (Å²) in [7, 11) is 1.64. The van der Waals surface area contributed by atoms with Crippen molar-refractivity contribution in [3.05, 3.63) is 36.4 Å². The number of aryl methyl sites for hydroxylation is 1. The Morgan fingerprint density at radius 3 is 2.79 bits per heavy atom. The molecule has 4 heterocycles. The van der Waals surface area contributed by atoms with Crippen LogP contribution in [-0.2, 0) is 16.1 Å². The Morgan fingerprint density at radius 2 is 2.07 bits per heavy atom. The number of piperazine rings is 1. The molecule has 0 bridgehead atoms. The SMILES string of the molecule is CCn1cc([C@@H]2OCCC[C@H]2C(=O)N2CCN(c3cncc(OC)c3)CC2)cn1. The number of carbonyl (C=O) groups excluding carboxylic acids is 1. The predicted octanol–water partition coefficient (Wildman–Crippen LogP) is 2.12. The maximum Gasteiger partial charge on any atom is 0.228 e. The smallest absolute Gasteiger partial charge is 0.228 e. The highest BCUT2D eigenvalue weighted by Gasteiger charge is 2.37. The van der Waals surface area contributed by atoms with Crippen LogP contribution in [-0.4, -0.2) is 65.5 Å². The van der Waals surface area contributed by atoms with Crippen LogP contribution in [0.4, 0.5) is 5.69 Å². The monoisotopic (exact) mass is 399 g/mol. The van der Waals surface area contributed by atoms with Gasteiger partial charge in [0.1, 0.15) is 5.75 Å². The largest absolute Gasteiger partial charge is 0.495 e. The summed E-state index contributed by atoms with van der Waals surface area (Å²) >= 11 is 0. The highest BCUT2D eigenvalue weighted by atomic mass is 16.5. The summed E-state index contributed by atoms with van der Waals surface area (Å²) in [5.74, 6) is 0.807. The Bertz CT molecular complexity index is 831. The summed E-state index contributed by atoms with van der Waals surface area (Å²) in [5, 5.41) is 4.36. The highest BCUT2D eigenvalue weighted by molar-refractivity contribution is 5.80. The lowest BCUT2D eigenvalue weighted by Crippen LogP contribution is -2.51. The second kappa shape index (κ2) is 8.82. The van der Waals surface area contributed by atoms with Crippen LogP contribution in [0, 0.1) is 5.92 Å². The maximum absolute atomic E-state index is 13.3. The van der Waals surface area contributed by atoms with Crippen molar-refractivity contribution in [2.24, 2.45) is 5.92 Å². The zero-order valence-electron chi connectivity index (χ0n) is 17.2. The van der Waals surface area contributed by atoms with E-state index in [4.69, 9.17) is 9.47 Å². The van der Waals surface area contributed by atoms with Crippen LogP contribution in [0.3, 0.4) is 0 Å². The van der Waals surface area contributed by atoms with Gasteiger partial charge in [-0.15, -0.1) is 0 Å². The van der Waals surface area contributed by atoms with Gasteiger partial charge in [0.15, 0.2) is 0 Å².